The van der Waals surface area contributed by atoms with Crippen LogP contribution in [0.5, 0.6) is 0 Å². The molecule has 19 heavy (non-hydrogen) atoms. The molecule has 0 saturated heterocycles. The number of amides is 1. The van der Waals surface area contributed by atoms with Crippen LogP contribution in [0, 0.1) is 0 Å². The summed E-state index contributed by atoms with van der Waals surface area (Å²) in [6, 6.07) is 11.6. The average Bonchev–Trinajstić information content (AvgIpc) is 2.47. The van der Waals surface area contributed by atoms with E-state index >= 15 is 0 Å². The van der Waals surface area contributed by atoms with E-state index in [9.17, 15) is 4.79 Å². The Balaban J connectivity index is 2.19. The zero-order chi connectivity index (χ0) is 13.2. The van der Waals surface area contributed by atoms with Crippen LogP contribution in [0.4, 0.5) is 5.82 Å². The van der Waals surface area contributed by atoms with E-state index in [1.807, 2.05) is 59.0 Å². The Morgan fingerprint density at radius 2 is 2.05 bits per heavy atom. The van der Waals surface area contributed by atoms with Gasteiger partial charge in [-0.1, -0.05) is 28.7 Å². The van der Waals surface area contributed by atoms with E-state index in [2.05, 4.69) is 15.3 Å². The number of aromatic nitrogens is 2. The largest absolute Gasteiger partial charge is 0.310 e. The first kappa shape index (κ1) is 12.3. The minimum atomic E-state index is -0.0502. The predicted octanol–water partition coefficient (Wildman–Crippen LogP) is 3.16. The first-order valence-corrected chi connectivity index (χ1v) is 7.31. The number of nitrogens with zero attached hydrogens (tertiary/aromatic N) is 2. The van der Waals surface area contributed by atoms with Gasteiger partial charge in [0.2, 0.25) is 5.91 Å². The van der Waals surface area contributed by atoms with Crippen molar-refractivity contribution in [3.63, 3.8) is 0 Å². The molecule has 1 aromatic carbocycles. The molecule has 0 unspecified atom stereocenters. The molecule has 0 aliphatic carbocycles. The smallest absolute Gasteiger partial charge is 0.235 e. The van der Waals surface area contributed by atoms with Crippen molar-refractivity contribution in [2.75, 3.05) is 9.74 Å². The van der Waals surface area contributed by atoms with Crippen LogP contribution in [-0.2, 0) is 4.79 Å². The van der Waals surface area contributed by atoms with Gasteiger partial charge in [-0.05, 0) is 30.3 Å². The van der Waals surface area contributed by atoms with Crippen LogP contribution in [-0.4, -0.2) is 20.3 Å². The predicted molar refractivity (Wildman–Crippen MR) is 84.6 cm³/mol. The van der Waals surface area contributed by atoms with E-state index in [4.69, 9.17) is 0 Å². The third kappa shape index (κ3) is 2.37. The lowest BCUT2D eigenvalue weighted by atomic mass is 10.1. The Morgan fingerprint density at radius 1 is 1.21 bits per heavy atom. The number of carbonyl (C=O) groups excluding carboxylic acids is 1. The number of halogens is 1. The summed E-state index contributed by atoms with van der Waals surface area (Å²) in [6.45, 7) is 0. The number of benzene rings is 1. The second-order valence-corrected chi connectivity index (χ2v) is 4.85. The van der Waals surface area contributed by atoms with Crippen molar-refractivity contribution in [2.24, 2.45) is 0 Å². The fourth-order valence-corrected chi connectivity index (χ4v) is 2.18. The average molecular weight is 363 g/mol. The molecule has 0 aliphatic heterocycles. The minimum absolute atomic E-state index is 0.0502. The highest BCUT2D eigenvalue weighted by atomic mass is 127. The monoisotopic (exact) mass is 363 g/mol. The summed E-state index contributed by atoms with van der Waals surface area (Å²) in [5, 5.41) is 4.80. The fourth-order valence-electron chi connectivity index (χ4n) is 1.99. The highest BCUT2D eigenvalue weighted by Crippen LogP contribution is 2.23. The molecule has 1 N–H and O–H groups in total. The molecular weight excluding hydrogens is 353 g/mol. The van der Waals surface area contributed by atoms with E-state index in [0.29, 0.717) is 10.2 Å². The standard InChI is InChI=1S/C14H10IN3O/c15-8-13(19)17-12-6-4-9-3-5-11-10(14(9)18-12)2-1-7-16-11/h1-7H,8H2,(H,17,18,19). The molecule has 0 aliphatic rings. The molecule has 94 valence electrons. The molecule has 0 spiro atoms. The second-order valence-electron chi connectivity index (χ2n) is 4.09. The van der Waals surface area contributed by atoms with Crippen molar-refractivity contribution in [3.05, 3.63) is 42.6 Å². The summed E-state index contributed by atoms with van der Waals surface area (Å²) in [6.07, 6.45) is 1.76. The Bertz CT molecular complexity index is 773. The normalized spacial score (nSPS) is 10.8. The van der Waals surface area contributed by atoms with Gasteiger partial charge in [-0.25, -0.2) is 4.98 Å². The summed E-state index contributed by atoms with van der Waals surface area (Å²) < 4.78 is 0.411. The molecule has 3 aromatic rings. The van der Waals surface area contributed by atoms with Crippen LogP contribution in [0.3, 0.4) is 0 Å². The molecule has 4 nitrogen and oxygen atoms in total. The van der Waals surface area contributed by atoms with Crippen LogP contribution < -0.4 is 5.32 Å². The molecular formula is C14H10IN3O. The number of anilines is 1. The Hall–Kier alpha value is -1.76. The third-order valence-electron chi connectivity index (χ3n) is 2.83. The van der Waals surface area contributed by atoms with Crippen LogP contribution in [0.1, 0.15) is 0 Å². The van der Waals surface area contributed by atoms with Crippen molar-refractivity contribution < 1.29 is 4.79 Å². The van der Waals surface area contributed by atoms with Crippen molar-refractivity contribution in [1.29, 1.82) is 0 Å². The second kappa shape index (κ2) is 5.08. The van der Waals surface area contributed by atoms with Crippen LogP contribution in [0.15, 0.2) is 42.6 Å². The maximum atomic E-state index is 11.4. The van der Waals surface area contributed by atoms with Crippen molar-refractivity contribution >= 4 is 56.1 Å². The third-order valence-corrected chi connectivity index (χ3v) is 3.52. The zero-order valence-electron chi connectivity index (χ0n) is 9.93. The maximum Gasteiger partial charge on any atom is 0.235 e. The topological polar surface area (TPSA) is 54.9 Å². The molecule has 0 bridgehead atoms. The first-order valence-electron chi connectivity index (χ1n) is 5.78. The number of pyridine rings is 2. The van der Waals surface area contributed by atoms with Gasteiger partial charge >= 0.3 is 0 Å². The number of rotatable bonds is 2. The molecule has 5 heteroatoms. The van der Waals surface area contributed by atoms with Gasteiger partial charge in [-0.15, -0.1) is 0 Å². The summed E-state index contributed by atoms with van der Waals surface area (Å²) >= 11 is 2.02. The molecule has 0 fully saturated rings. The quantitative estimate of drug-likeness (QED) is 0.432. The Labute approximate surface area is 123 Å². The van der Waals surface area contributed by atoms with E-state index < -0.39 is 0 Å². The highest BCUT2D eigenvalue weighted by molar-refractivity contribution is 14.1. The number of alkyl halides is 1. The summed E-state index contributed by atoms with van der Waals surface area (Å²) in [7, 11) is 0. The number of hydrogen-bond acceptors (Lipinski definition) is 3. The van der Waals surface area contributed by atoms with E-state index in [1.165, 1.54) is 0 Å². The zero-order valence-corrected chi connectivity index (χ0v) is 12.1. The van der Waals surface area contributed by atoms with Crippen LogP contribution >= 0.6 is 22.6 Å². The van der Waals surface area contributed by atoms with Gasteiger partial charge in [0, 0.05) is 17.0 Å². The first-order chi connectivity index (χ1) is 9.28. The highest BCUT2D eigenvalue weighted by Gasteiger charge is 2.05. The van der Waals surface area contributed by atoms with E-state index in [-0.39, 0.29) is 5.91 Å². The number of nitrogens with one attached hydrogen (secondary N) is 1. The molecule has 0 radical (unpaired) electrons. The molecule has 0 atom stereocenters. The molecule has 3 rings (SSSR count). The lowest BCUT2D eigenvalue weighted by Gasteiger charge is -2.06. The molecule has 2 heterocycles. The maximum absolute atomic E-state index is 11.4. The van der Waals surface area contributed by atoms with Crippen molar-refractivity contribution in [1.82, 2.24) is 9.97 Å². The van der Waals surface area contributed by atoms with Gasteiger partial charge in [0.25, 0.3) is 0 Å². The van der Waals surface area contributed by atoms with Crippen molar-refractivity contribution in [2.45, 2.75) is 0 Å². The van der Waals surface area contributed by atoms with Crippen molar-refractivity contribution in [3.8, 4) is 0 Å². The number of hydrogen-bond donors (Lipinski definition) is 1. The molecule has 1 amide bonds. The minimum Gasteiger partial charge on any atom is -0.310 e. The molecule has 2 aromatic heterocycles. The summed E-state index contributed by atoms with van der Waals surface area (Å²) in [5.74, 6) is 0.524. The lowest BCUT2D eigenvalue weighted by molar-refractivity contribution is -0.113. The van der Waals surface area contributed by atoms with Gasteiger partial charge in [0.15, 0.2) is 0 Å². The SMILES string of the molecule is O=C(CI)Nc1ccc2ccc3ncccc3c2n1. The van der Waals surface area contributed by atoms with Crippen LogP contribution in [0.25, 0.3) is 21.8 Å². The van der Waals surface area contributed by atoms with Crippen LogP contribution in [0.2, 0.25) is 0 Å². The Kier molecular flexibility index (Phi) is 3.29. The summed E-state index contributed by atoms with van der Waals surface area (Å²) in [5.41, 5.74) is 1.76. The van der Waals surface area contributed by atoms with E-state index in [0.717, 1.165) is 21.8 Å². The summed E-state index contributed by atoms with van der Waals surface area (Å²) in [4.78, 5) is 20.2. The van der Waals surface area contributed by atoms with Gasteiger partial charge in [-0.3, -0.25) is 9.78 Å². The molecule has 0 saturated carbocycles. The van der Waals surface area contributed by atoms with Gasteiger partial charge in [0.05, 0.1) is 15.5 Å². The van der Waals surface area contributed by atoms with Gasteiger partial charge in [0.1, 0.15) is 5.82 Å². The number of fused-ring (bicyclic) bond motifs is 3. The van der Waals surface area contributed by atoms with E-state index in [1.54, 1.807) is 6.20 Å². The Morgan fingerprint density at radius 3 is 2.89 bits per heavy atom. The van der Waals surface area contributed by atoms with Gasteiger partial charge < -0.3 is 5.32 Å². The number of carbonyl (C=O) groups is 1. The van der Waals surface area contributed by atoms with Gasteiger partial charge in [-0.2, -0.15) is 0 Å². The fraction of sp³-hybridized carbons (Fsp3) is 0.0714. The lowest BCUT2D eigenvalue weighted by Crippen LogP contribution is -2.13.